The smallest absolute Gasteiger partial charge is 0.179 e. The summed E-state index contributed by atoms with van der Waals surface area (Å²) in [4.78, 5) is 4.27. The Kier molecular flexibility index (Phi) is 6.22. The molecule has 0 aliphatic rings. The van der Waals surface area contributed by atoms with Crippen LogP contribution in [0.4, 0.5) is 5.69 Å². The minimum atomic E-state index is -0.204. The van der Waals surface area contributed by atoms with Crippen LogP contribution in [0.5, 0.6) is 5.75 Å². The van der Waals surface area contributed by atoms with E-state index in [0.717, 1.165) is 22.3 Å². The van der Waals surface area contributed by atoms with E-state index in [2.05, 4.69) is 11.1 Å². The van der Waals surface area contributed by atoms with Crippen LogP contribution in [-0.2, 0) is 6.42 Å². The Bertz CT molecular complexity index is 1070. The minimum absolute atomic E-state index is 0.204. The standard InChI is InChI=1S/C23H23N5O/c1-15(25)22-10-18(5-6-23(22)27)19-9-21(13-28-12-19)29-14-20(26)8-16-3-2-4-17(7-16)11-24/h2-7,9-10,12-13,20,25H,8,14,26-27H2,1H3/p+1/t20-/m0/s1. The highest BCUT2D eigenvalue weighted by Gasteiger charge is 2.10. The number of nitrogens with two attached hydrogens (primary N) is 3. The third-order valence-corrected chi connectivity index (χ3v) is 4.54. The van der Waals surface area contributed by atoms with Crippen LogP contribution >= 0.6 is 0 Å². The molecule has 0 bridgehead atoms. The molecular weight excluding hydrogens is 362 g/mol. The molecule has 0 saturated heterocycles. The highest BCUT2D eigenvalue weighted by atomic mass is 16.5. The van der Waals surface area contributed by atoms with Gasteiger partial charge >= 0.3 is 0 Å². The molecule has 3 rings (SSSR count). The molecular formula is C23H24N5O+. The zero-order valence-electron chi connectivity index (χ0n) is 16.3. The van der Waals surface area contributed by atoms with Gasteiger partial charge in [0, 0.05) is 30.4 Å². The van der Waals surface area contributed by atoms with Gasteiger partial charge < -0.3 is 16.2 Å². The third kappa shape index (κ3) is 5.18. The Morgan fingerprint density at radius 1 is 1.17 bits per heavy atom. The van der Waals surface area contributed by atoms with Crippen molar-refractivity contribution < 1.29 is 10.1 Å². The predicted octanol–water partition coefficient (Wildman–Crippen LogP) is 1.72. The van der Waals surface area contributed by atoms with E-state index in [4.69, 9.17) is 26.9 Å². The van der Waals surface area contributed by atoms with E-state index in [1.165, 1.54) is 0 Å². The van der Waals surface area contributed by atoms with Gasteiger partial charge in [-0.1, -0.05) is 18.2 Å². The maximum absolute atomic E-state index is 9.00. The van der Waals surface area contributed by atoms with Gasteiger partial charge in [-0.15, -0.1) is 0 Å². The molecule has 0 saturated carbocycles. The maximum atomic E-state index is 9.00. The third-order valence-electron chi connectivity index (χ3n) is 4.54. The van der Waals surface area contributed by atoms with E-state index in [1.54, 1.807) is 18.5 Å². The molecule has 3 aromatic rings. The molecule has 6 nitrogen and oxygen atoms in total. The summed E-state index contributed by atoms with van der Waals surface area (Å²) in [5.41, 5.74) is 17.8. The second-order valence-electron chi connectivity index (χ2n) is 6.98. The van der Waals surface area contributed by atoms with Crippen LogP contribution in [0.2, 0.25) is 0 Å². The van der Waals surface area contributed by atoms with Crippen molar-refractivity contribution in [2.45, 2.75) is 19.4 Å². The Morgan fingerprint density at radius 3 is 2.76 bits per heavy atom. The van der Waals surface area contributed by atoms with Crippen molar-refractivity contribution in [1.82, 2.24) is 4.98 Å². The SMILES string of the molecule is CC(=[NH2+])c1cc(-c2cncc(OC[C@@H](N)Cc3cccc(C#N)c3)c2)ccc1N. The lowest BCUT2D eigenvalue weighted by Gasteiger charge is -2.14. The van der Waals surface area contributed by atoms with Crippen LogP contribution < -0.4 is 21.6 Å². The zero-order valence-corrected chi connectivity index (χ0v) is 16.3. The second kappa shape index (κ2) is 9.00. The second-order valence-corrected chi connectivity index (χ2v) is 6.98. The van der Waals surface area contributed by atoms with Crippen molar-refractivity contribution in [1.29, 1.82) is 5.26 Å². The molecule has 1 heterocycles. The first kappa shape index (κ1) is 20.1. The fraction of sp³-hybridized carbons (Fsp3) is 0.174. The van der Waals surface area contributed by atoms with Gasteiger partial charge in [0.05, 0.1) is 23.4 Å². The summed E-state index contributed by atoms with van der Waals surface area (Å²) in [6.07, 6.45) is 4.04. The maximum Gasteiger partial charge on any atom is 0.179 e. The largest absolute Gasteiger partial charge is 0.490 e. The number of anilines is 1. The highest BCUT2D eigenvalue weighted by Crippen LogP contribution is 2.26. The monoisotopic (exact) mass is 386 g/mol. The lowest BCUT2D eigenvalue weighted by Crippen LogP contribution is -2.38. The van der Waals surface area contributed by atoms with Gasteiger partial charge in [-0.2, -0.15) is 5.26 Å². The van der Waals surface area contributed by atoms with E-state index >= 15 is 0 Å². The number of nitrogens with zero attached hydrogens (tertiary/aromatic N) is 2. The van der Waals surface area contributed by atoms with Crippen LogP contribution in [0.25, 0.3) is 11.1 Å². The number of hydrogen-bond acceptors (Lipinski definition) is 5. The van der Waals surface area contributed by atoms with E-state index < -0.39 is 0 Å². The molecule has 146 valence electrons. The summed E-state index contributed by atoms with van der Waals surface area (Å²) in [6.45, 7) is 2.16. The van der Waals surface area contributed by atoms with E-state index in [1.807, 2.05) is 49.4 Å². The molecule has 0 unspecified atom stereocenters. The highest BCUT2D eigenvalue weighted by molar-refractivity contribution is 6.00. The van der Waals surface area contributed by atoms with E-state index in [0.29, 0.717) is 35.7 Å². The van der Waals surface area contributed by atoms with Gasteiger partial charge in [-0.05, 0) is 47.9 Å². The fourth-order valence-electron chi connectivity index (χ4n) is 3.07. The lowest BCUT2D eigenvalue weighted by atomic mass is 10.0. The first-order valence-corrected chi connectivity index (χ1v) is 9.28. The summed E-state index contributed by atoms with van der Waals surface area (Å²) >= 11 is 0. The van der Waals surface area contributed by atoms with Crippen molar-refractivity contribution in [2.24, 2.45) is 5.73 Å². The van der Waals surface area contributed by atoms with E-state index in [-0.39, 0.29) is 6.04 Å². The van der Waals surface area contributed by atoms with Crippen LogP contribution in [0.15, 0.2) is 60.9 Å². The summed E-state index contributed by atoms with van der Waals surface area (Å²) < 4.78 is 5.85. The molecule has 0 aliphatic heterocycles. The van der Waals surface area contributed by atoms with Crippen LogP contribution in [0.1, 0.15) is 23.6 Å². The minimum Gasteiger partial charge on any atom is -0.490 e. The molecule has 6 heteroatoms. The van der Waals surface area contributed by atoms with Crippen molar-refractivity contribution in [2.75, 3.05) is 12.3 Å². The Labute approximate surface area is 170 Å². The van der Waals surface area contributed by atoms with Crippen molar-refractivity contribution >= 4 is 11.4 Å². The predicted molar refractivity (Wildman–Crippen MR) is 114 cm³/mol. The molecule has 0 aliphatic carbocycles. The van der Waals surface area contributed by atoms with Gasteiger partial charge in [0.25, 0.3) is 0 Å². The van der Waals surface area contributed by atoms with E-state index in [9.17, 15) is 0 Å². The summed E-state index contributed by atoms with van der Waals surface area (Å²) in [6, 6.07) is 17.0. The molecule has 0 fully saturated rings. The van der Waals surface area contributed by atoms with Crippen molar-refractivity contribution in [3.63, 3.8) is 0 Å². The Hall–Kier alpha value is -3.69. The number of ether oxygens (including phenoxy) is 1. The summed E-state index contributed by atoms with van der Waals surface area (Å²) in [5, 5.41) is 14.9. The molecule has 0 radical (unpaired) electrons. The number of hydrogen-bond donors (Lipinski definition) is 3. The zero-order chi connectivity index (χ0) is 20.8. The first-order valence-electron chi connectivity index (χ1n) is 9.28. The number of aromatic nitrogens is 1. The molecule has 2 aromatic carbocycles. The summed E-state index contributed by atoms with van der Waals surface area (Å²) in [5.74, 6) is 0.635. The quantitative estimate of drug-likeness (QED) is 0.421. The van der Waals surface area contributed by atoms with Crippen LogP contribution in [-0.4, -0.2) is 23.3 Å². The van der Waals surface area contributed by atoms with Crippen molar-refractivity contribution in [3.05, 3.63) is 77.6 Å². The van der Waals surface area contributed by atoms with Gasteiger partial charge in [0.2, 0.25) is 0 Å². The first-order chi connectivity index (χ1) is 14.0. The number of benzene rings is 2. The average molecular weight is 386 g/mol. The molecule has 6 N–H and O–H groups in total. The number of rotatable bonds is 7. The molecule has 1 aromatic heterocycles. The fourth-order valence-corrected chi connectivity index (χ4v) is 3.07. The van der Waals surface area contributed by atoms with Crippen LogP contribution in [0.3, 0.4) is 0 Å². The topological polar surface area (TPSA) is 124 Å². The Morgan fingerprint density at radius 2 is 2.00 bits per heavy atom. The van der Waals surface area contributed by atoms with Gasteiger partial charge in [0.1, 0.15) is 12.4 Å². The molecule has 0 amide bonds. The van der Waals surface area contributed by atoms with Crippen LogP contribution in [0, 0.1) is 11.3 Å². The normalized spacial score (nSPS) is 11.5. The van der Waals surface area contributed by atoms with Gasteiger partial charge in [0.15, 0.2) is 5.71 Å². The number of nitrogen functional groups attached to an aromatic ring is 1. The lowest BCUT2D eigenvalue weighted by molar-refractivity contribution is -0.113. The average Bonchev–Trinajstić information content (AvgIpc) is 2.72. The number of nitriles is 1. The van der Waals surface area contributed by atoms with Crippen molar-refractivity contribution in [3.8, 4) is 22.9 Å². The molecule has 29 heavy (non-hydrogen) atoms. The number of pyridine rings is 1. The van der Waals surface area contributed by atoms with Gasteiger partial charge in [-0.3, -0.25) is 10.4 Å². The molecule has 1 atom stereocenters. The Balaban J connectivity index is 1.68. The van der Waals surface area contributed by atoms with Gasteiger partial charge in [-0.25, -0.2) is 0 Å². The molecule has 0 spiro atoms. The summed E-state index contributed by atoms with van der Waals surface area (Å²) in [7, 11) is 0.